The van der Waals surface area contributed by atoms with Crippen molar-refractivity contribution in [2.75, 3.05) is 13.6 Å². The van der Waals surface area contributed by atoms with E-state index in [1.165, 1.54) is 18.2 Å². The Morgan fingerprint density at radius 2 is 1.48 bits per heavy atom. The highest BCUT2D eigenvalue weighted by Gasteiger charge is 2.48. The van der Waals surface area contributed by atoms with E-state index in [2.05, 4.69) is 29.4 Å². The molecule has 2 aliphatic heterocycles. The maximum absolute atomic E-state index is 13.5. The van der Waals surface area contributed by atoms with E-state index in [0.717, 1.165) is 45.1 Å². The third-order valence-electron chi connectivity index (χ3n) is 14.9. The largest absolute Gasteiger partial charge is 0.481 e. The van der Waals surface area contributed by atoms with Crippen molar-refractivity contribution in [3.8, 4) is 0 Å². The maximum atomic E-state index is 13.5. The number of fused-ring (bicyclic) bond motifs is 2. The molecule has 2 rings (SSSR count). The van der Waals surface area contributed by atoms with Gasteiger partial charge < -0.3 is 76.3 Å². The summed E-state index contributed by atoms with van der Waals surface area (Å²) in [5, 5.41) is 113. The van der Waals surface area contributed by atoms with Gasteiger partial charge in [-0.2, -0.15) is 0 Å². The Bertz CT molecular complexity index is 1730. The number of aliphatic imine (C=N–C) groups is 1. The molecule has 2 heterocycles. The molecular formula is C54H95N3O16. The highest BCUT2D eigenvalue weighted by molar-refractivity contribution is 5.90. The second-order valence-corrected chi connectivity index (χ2v) is 21.6. The summed E-state index contributed by atoms with van der Waals surface area (Å²) in [5.74, 6) is -7.48. The van der Waals surface area contributed by atoms with Crippen molar-refractivity contribution >= 4 is 23.9 Å². The van der Waals surface area contributed by atoms with Gasteiger partial charge >= 0.3 is 17.9 Å². The Labute approximate surface area is 434 Å². The van der Waals surface area contributed by atoms with E-state index in [-0.39, 0.29) is 69.1 Å². The zero-order valence-electron chi connectivity index (χ0n) is 44.8. The lowest BCUT2D eigenvalue weighted by atomic mass is 9.84. The lowest BCUT2D eigenvalue weighted by Gasteiger charge is -2.44. The predicted molar refractivity (Wildman–Crippen MR) is 276 cm³/mol. The summed E-state index contributed by atoms with van der Waals surface area (Å²) in [4.78, 5) is 41.3. The molecule has 1 saturated heterocycles. The fourth-order valence-electron chi connectivity index (χ4n) is 9.73. The molecule has 19 nitrogen and oxygen atoms in total. The fourth-order valence-corrected chi connectivity index (χ4v) is 9.73. The summed E-state index contributed by atoms with van der Waals surface area (Å²) in [7, 11) is 1.63. The van der Waals surface area contributed by atoms with Crippen LogP contribution in [0.3, 0.4) is 0 Å². The zero-order chi connectivity index (χ0) is 55.0. The van der Waals surface area contributed by atoms with Crippen LogP contribution in [0.2, 0.25) is 0 Å². The molecule has 13 N–H and O–H groups in total. The van der Waals surface area contributed by atoms with Gasteiger partial charge in [0, 0.05) is 75.4 Å². The number of cyclic esters (lactones) is 1. The van der Waals surface area contributed by atoms with Crippen molar-refractivity contribution in [3.63, 3.8) is 0 Å². The smallest absolute Gasteiger partial charge is 0.330 e. The number of rotatable bonds is 14. The average molecular weight is 1040 g/mol. The molecule has 422 valence electrons. The van der Waals surface area contributed by atoms with Gasteiger partial charge in [0.15, 0.2) is 11.7 Å². The molecule has 19 atom stereocenters. The van der Waals surface area contributed by atoms with Crippen molar-refractivity contribution in [1.82, 2.24) is 5.32 Å². The number of aliphatic hydroxyl groups excluding tert-OH is 8. The number of ether oxygens (including phenoxy) is 3. The molecule has 0 aromatic rings. The van der Waals surface area contributed by atoms with E-state index < -0.39 is 121 Å². The number of aliphatic hydroxyl groups is 9. The number of carboxylic acid groups (broad SMARTS) is 1. The van der Waals surface area contributed by atoms with Gasteiger partial charge in [-0.15, -0.1) is 0 Å². The number of hydrogen-bond donors (Lipinski definition) is 12. The minimum Gasteiger partial charge on any atom is -0.481 e. The molecule has 0 amide bonds. The highest BCUT2D eigenvalue weighted by atomic mass is 16.7. The lowest BCUT2D eigenvalue weighted by Crippen LogP contribution is -2.58. The van der Waals surface area contributed by atoms with Crippen LogP contribution < -0.4 is 11.1 Å². The Hall–Kier alpha value is -3.50. The molecule has 0 aromatic heterocycles. The number of hydrogen-bond acceptors (Lipinski definition) is 16. The molecule has 2 aliphatic rings. The number of carbonyl (C=O) groups is 3. The SMILES string of the molecule is CN=C(N)NCCC/C=C/CCCC(C)CC(C)C1OC(=O)/C=C\C(C)C(O)CC(O)C(C)C(O)CCC(C)CCC2(O)OC(CC(OC(=O)CC(=O)O)CC(O)CC(O)C(C)C(O)/C=C/C1C)CC(O)C2O. The first-order chi connectivity index (χ1) is 34.3. The van der Waals surface area contributed by atoms with E-state index in [1.54, 1.807) is 33.9 Å². The Balaban J connectivity index is 2.38. The van der Waals surface area contributed by atoms with Gasteiger partial charge in [-0.3, -0.25) is 14.6 Å². The first-order valence-electron chi connectivity index (χ1n) is 26.7. The van der Waals surface area contributed by atoms with E-state index in [4.69, 9.17) is 19.9 Å². The van der Waals surface area contributed by atoms with Crippen molar-refractivity contribution in [2.24, 2.45) is 52.2 Å². The van der Waals surface area contributed by atoms with Gasteiger partial charge in [0.25, 0.3) is 0 Å². The quantitative estimate of drug-likeness (QED) is 0.0294. The standard InChI is InChI=1S/C54H95N3O16/c1-32-16-19-42(59)38(7)46(63)30-44(61)34(3)18-21-49(67)72-51(36(5)25-33(2)15-13-11-9-10-12-14-24-57-53(55)56-8)35(4)17-20-43(60)37(6)45(62)27-39(58)26-40(71-50(68)31-48(65)66)28-41-29-47(64)52(69)54(70,73-41)23-22-32/h9-10,17-18,20-21,32-47,51-52,58-64,69-70H,11-16,19,22-31H2,1-8H3,(H,65,66)(H3,55,56,57)/b10-9+,20-17+,21-18-. The minimum absolute atomic E-state index is 0.0783. The molecule has 19 heteroatoms. The maximum Gasteiger partial charge on any atom is 0.330 e. The number of carboxylic acids is 1. The van der Waals surface area contributed by atoms with Gasteiger partial charge in [0.1, 0.15) is 24.7 Å². The van der Waals surface area contributed by atoms with Gasteiger partial charge in [0.05, 0.1) is 48.8 Å². The summed E-state index contributed by atoms with van der Waals surface area (Å²) in [5.41, 5.74) is 5.68. The molecule has 1 fully saturated rings. The number of nitrogens with two attached hydrogens (primary N) is 1. The number of guanidine groups is 1. The Morgan fingerprint density at radius 3 is 2.14 bits per heavy atom. The van der Waals surface area contributed by atoms with Crippen LogP contribution in [0.25, 0.3) is 0 Å². The lowest BCUT2D eigenvalue weighted by molar-refractivity contribution is -0.327. The van der Waals surface area contributed by atoms with Crippen LogP contribution in [0.4, 0.5) is 0 Å². The number of esters is 2. The third kappa shape index (κ3) is 24.8. The second kappa shape index (κ2) is 33.5. The molecule has 73 heavy (non-hydrogen) atoms. The molecule has 0 aromatic carbocycles. The van der Waals surface area contributed by atoms with Crippen LogP contribution in [0.1, 0.15) is 151 Å². The predicted octanol–water partition coefficient (Wildman–Crippen LogP) is 3.78. The summed E-state index contributed by atoms with van der Waals surface area (Å²) in [6, 6.07) is 0. The number of unbranched alkanes of at least 4 members (excludes halogenated alkanes) is 2. The van der Waals surface area contributed by atoms with Crippen molar-refractivity contribution in [2.45, 2.75) is 224 Å². The minimum atomic E-state index is -2.24. The molecule has 19 unspecified atom stereocenters. The van der Waals surface area contributed by atoms with E-state index in [9.17, 15) is 65.4 Å². The molecule has 2 bridgehead atoms. The Kier molecular flexibility index (Phi) is 30.1. The monoisotopic (exact) mass is 1040 g/mol. The van der Waals surface area contributed by atoms with E-state index in [0.29, 0.717) is 12.4 Å². The number of nitrogens with one attached hydrogen (secondary N) is 1. The number of aliphatic carboxylic acids is 1. The van der Waals surface area contributed by atoms with Crippen LogP contribution >= 0.6 is 0 Å². The van der Waals surface area contributed by atoms with Gasteiger partial charge in [-0.05, 0) is 75.5 Å². The Morgan fingerprint density at radius 1 is 0.822 bits per heavy atom. The molecule has 0 saturated carbocycles. The summed E-state index contributed by atoms with van der Waals surface area (Å²) in [6.45, 7) is 13.6. The first kappa shape index (κ1) is 65.6. The second-order valence-electron chi connectivity index (χ2n) is 21.6. The van der Waals surface area contributed by atoms with Crippen LogP contribution in [-0.2, 0) is 28.6 Å². The number of carbonyl (C=O) groups excluding carboxylic acids is 2. The molecule has 0 radical (unpaired) electrons. The fraction of sp³-hybridized carbons (Fsp3) is 0.815. The van der Waals surface area contributed by atoms with E-state index >= 15 is 0 Å². The van der Waals surface area contributed by atoms with Gasteiger partial charge in [-0.25, -0.2) is 4.79 Å². The van der Waals surface area contributed by atoms with Gasteiger partial charge in [-0.1, -0.05) is 85.3 Å². The molecule has 0 spiro atoms. The number of nitrogens with zero attached hydrogens (tertiary/aromatic N) is 1. The first-order valence-corrected chi connectivity index (χ1v) is 26.7. The van der Waals surface area contributed by atoms with Crippen LogP contribution in [0.5, 0.6) is 0 Å². The summed E-state index contributed by atoms with van der Waals surface area (Å²) < 4.78 is 17.5. The van der Waals surface area contributed by atoms with Crippen molar-refractivity contribution in [3.05, 3.63) is 36.5 Å². The van der Waals surface area contributed by atoms with Crippen molar-refractivity contribution < 1.29 is 79.7 Å². The molecular weight excluding hydrogens is 947 g/mol. The topological polar surface area (TPSA) is 332 Å². The highest BCUT2D eigenvalue weighted by Crippen LogP contribution is 2.36. The molecule has 0 aliphatic carbocycles. The van der Waals surface area contributed by atoms with Crippen LogP contribution in [0.15, 0.2) is 41.4 Å². The van der Waals surface area contributed by atoms with Crippen molar-refractivity contribution in [1.29, 1.82) is 0 Å². The summed E-state index contributed by atoms with van der Waals surface area (Å²) >= 11 is 0. The van der Waals surface area contributed by atoms with Gasteiger partial charge in [0.2, 0.25) is 0 Å². The van der Waals surface area contributed by atoms with Crippen LogP contribution in [-0.4, -0.2) is 161 Å². The average Bonchev–Trinajstić information content (AvgIpc) is 3.32. The zero-order valence-corrected chi connectivity index (χ0v) is 44.8. The van der Waals surface area contributed by atoms with E-state index in [1.807, 2.05) is 20.8 Å². The summed E-state index contributed by atoms with van der Waals surface area (Å²) in [6.07, 6.45) is 1.48. The normalized spacial score (nSPS) is 37.5. The number of allylic oxidation sites excluding steroid dienone is 2. The third-order valence-corrected chi connectivity index (χ3v) is 14.9. The van der Waals surface area contributed by atoms with Crippen LogP contribution in [0, 0.1) is 41.4 Å².